The SMILES string of the molecule is CCOCCCN(Cc1nc(C(=O)OC)cs1)C(=O)CC(C)CC(C)(C)C. The summed E-state index contributed by atoms with van der Waals surface area (Å²) in [5.41, 5.74) is 0.491. The van der Waals surface area contributed by atoms with Crippen molar-refractivity contribution in [1.82, 2.24) is 9.88 Å². The highest BCUT2D eigenvalue weighted by Gasteiger charge is 2.22. The zero-order chi connectivity index (χ0) is 20.4. The Balaban J connectivity index is 2.74. The van der Waals surface area contributed by atoms with Crippen molar-refractivity contribution in [2.24, 2.45) is 11.3 Å². The molecular formula is C20H34N2O4S. The average Bonchev–Trinajstić information content (AvgIpc) is 3.03. The monoisotopic (exact) mass is 398 g/mol. The molecule has 0 fully saturated rings. The van der Waals surface area contributed by atoms with Crippen LogP contribution in [0.2, 0.25) is 0 Å². The molecule has 1 rings (SSSR count). The third kappa shape index (κ3) is 9.33. The minimum absolute atomic E-state index is 0.123. The Labute approximate surface area is 167 Å². The van der Waals surface area contributed by atoms with Crippen molar-refractivity contribution in [3.63, 3.8) is 0 Å². The van der Waals surface area contributed by atoms with Crippen molar-refractivity contribution in [2.45, 2.75) is 60.4 Å². The van der Waals surface area contributed by atoms with E-state index in [9.17, 15) is 9.59 Å². The summed E-state index contributed by atoms with van der Waals surface area (Å²) in [5.74, 6) is -0.0163. The molecule has 1 unspecified atom stereocenters. The molecule has 1 atom stereocenters. The van der Waals surface area contributed by atoms with E-state index < -0.39 is 5.97 Å². The summed E-state index contributed by atoms with van der Waals surface area (Å²) in [6, 6.07) is 0. The van der Waals surface area contributed by atoms with Gasteiger partial charge in [-0.25, -0.2) is 9.78 Å². The number of hydrogen-bond donors (Lipinski definition) is 0. The van der Waals surface area contributed by atoms with Crippen molar-refractivity contribution in [1.29, 1.82) is 0 Å². The number of thiazole rings is 1. The highest BCUT2D eigenvalue weighted by molar-refractivity contribution is 7.09. The Hall–Kier alpha value is -1.47. The molecular weight excluding hydrogens is 364 g/mol. The van der Waals surface area contributed by atoms with Gasteiger partial charge in [0.1, 0.15) is 5.01 Å². The van der Waals surface area contributed by atoms with Crippen LogP contribution in [0, 0.1) is 11.3 Å². The number of ether oxygens (including phenoxy) is 2. The molecule has 6 nitrogen and oxygen atoms in total. The normalized spacial score (nSPS) is 12.7. The van der Waals surface area contributed by atoms with Crippen LogP contribution in [-0.2, 0) is 20.8 Å². The number of amides is 1. The topological polar surface area (TPSA) is 68.7 Å². The number of carbonyl (C=O) groups excluding carboxylic acids is 2. The van der Waals surface area contributed by atoms with Gasteiger partial charge < -0.3 is 14.4 Å². The average molecular weight is 399 g/mol. The molecule has 1 amide bonds. The largest absolute Gasteiger partial charge is 0.464 e. The predicted molar refractivity (Wildman–Crippen MR) is 108 cm³/mol. The molecule has 1 aromatic rings. The predicted octanol–water partition coefficient (Wildman–Crippen LogP) is 4.15. The smallest absolute Gasteiger partial charge is 0.357 e. The Bertz CT molecular complexity index is 595. The lowest BCUT2D eigenvalue weighted by Gasteiger charge is -2.26. The molecule has 0 aliphatic heterocycles. The highest BCUT2D eigenvalue weighted by Crippen LogP contribution is 2.26. The Kier molecular flexibility index (Phi) is 9.94. The zero-order valence-electron chi connectivity index (χ0n) is 17.5. The molecule has 0 saturated carbocycles. The Morgan fingerprint density at radius 3 is 2.63 bits per heavy atom. The maximum absolute atomic E-state index is 12.9. The second-order valence-electron chi connectivity index (χ2n) is 8.06. The lowest BCUT2D eigenvalue weighted by molar-refractivity contribution is -0.133. The minimum Gasteiger partial charge on any atom is -0.464 e. The van der Waals surface area contributed by atoms with Crippen LogP contribution < -0.4 is 0 Å². The van der Waals surface area contributed by atoms with Crippen LogP contribution >= 0.6 is 11.3 Å². The van der Waals surface area contributed by atoms with Gasteiger partial charge in [0.05, 0.1) is 13.7 Å². The summed E-state index contributed by atoms with van der Waals surface area (Å²) < 4.78 is 10.1. The summed E-state index contributed by atoms with van der Waals surface area (Å²) in [7, 11) is 1.33. The maximum Gasteiger partial charge on any atom is 0.357 e. The molecule has 7 heteroatoms. The van der Waals surface area contributed by atoms with Gasteiger partial charge in [0.15, 0.2) is 5.69 Å². The first-order chi connectivity index (χ1) is 12.7. The van der Waals surface area contributed by atoms with Gasteiger partial charge in [0.2, 0.25) is 5.91 Å². The summed E-state index contributed by atoms with van der Waals surface area (Å²) >= 11 is 1.37. The molecule has 1 aromatic heterocycles. The van der Waals surface area contributed by atoms with Gasteiger partial charge in [-0.3, -0.25) is 4.79 Å². The van der Waals surface area contributed by atoms with Gasteiger partial charge in [-0.1, -0.05) is 27.7 Å². The third-order valence-corrected chi connectivity index (χ3v) is 4.86. The molecule has 154 valence electrons. The molecule has 0 aliphatic carbocycles. The van der Waals surface area contributed by atoms with Gasteiger partial charge >= 0.3 is 5.97 Å². The number of nitrogens with zero attached hydrogens (tertiary/aromatic N) is 2. The van der Waals surface area contributed by atoms with E-state index in [1.165, 1.54) is 18.4 Å². The lowest BCUT2D eigenvalue weighted by atomic mass is 9.84. The first kappa shape index (κ1) is 23.6. The Morgan fingerprint density at radius 2 is 2.04 bits per heavy atom. The van der Waals surface area contributed by atoms with Crippen LogP contribution in [0.25, 0.3) is 0 Å². The molecule has 0 bridgehead atoms. The fourth-order valence-electron chi connectivity index (χ4n) is 3.08. The van der Waals surface area contributed by atoms with Gasteiger partial charge in [-0.05, 0) is 31.1 Å². The van der Waals surface area contributed by atoms with Crippen LogP contribution in [0.1, 0.15) is 69.4 Å². The number of rotatable bonds is 11. The fourth-order valence-corrected chi connectivity index (χ4v) is 3.86. The number of hydrogen-bond acceptors (Lipinski definition) is 6. The maximum atomic E-state index is 12.9. The number of carbonyl (C=O) groups is 2. The van der Waals surface area contributed by atoms with Gasteiger partial charge in [0.25, 0.3) is 0 Å². The van der Waals surface area contributed by atoms with Gasteiger partial charge in [-0.15, -0.1) is 11.3 Å². The van der Waals surface area contributed by atoms with Gasteiger partial charge in [0, 0.05) is 31.6 Å². The quantitative estimate of drug-likeness (QED) is 0.414. The van der Waals surface area contributed by atoms with Gasteiger partial charge in [-0.2, -0.15) is 0 Å². The second-order valence-corrected chi connectivity index (χ2v) is 9.00. The lowest BCUT2D eigenvalue weighted by Crippen LogP contribution is -2.33. The van der Waals surface area contributed by atoms with Crippen LogP contribution in [0.5, 0.6) is 0 Å². The van der Waals surface area contributed by atoms with E-state index >= 15 is 0 Å². The van der Waals surface area contributed by atoms with Crippen molar-refractivity contribution in [3.05, 3.63) is 16.1 Å². The summed E-state index contributed by atoms with van der Waals surface area (Å²) in [5, 5.41) is 2.41. The number of esters is 1. The van der Waals surface area contributed by atoms with Crippen LogP contribution in [0.3, 0.4) is 0 Å². The summed E-state index contributed by atoms with van der Waals surface area (Å²) in [6.07, 6.45) is 2.29. The van der Waals surface area contributed by atoms with E-state index in [0.29, 0.717) is 44.3 Å². The highest BCUT2D eigenvalue weighted by atomic mass is 32.1. The second kappa shape index (κ2) is 11.4. The van der Waals surface area contributed by atoms with Crippen LogP contribution in [0.4, 0.5) is 0 Å². The molecule has 0 N–H and O–H groups in total. The number of aromatic nitrogens is 1. The zero-order valence-corrected chi connectivity index (χ0v) is 18.4. The molecule has 0 radical (unpaired) electrons. The van der Waals surface area contributed by atoms with E-state index in [-0.39, 0.29) is 11.3 Å². The Morgan fingerprint density at radius 1 is 1.33 bits per heavy atom. The summed E-state index contributed by atoms with van der Waals surface area (Å²) in [4.78, 5) is 30.6. The van der Waals surface area contributed by atoms with E-state index in [4.69, 9.17) is 9.47 Å². The van der Waals surface area contributed by atoms with E-state index in [2.05, 4.69) is 32.7 Å². The minimum atomic E-state index is -0.453. The first-order valence-electron chi connectivity index (χ1n) is 9.54. The van der Waals surface area contributed by atoms with E-state index in [0.717, 1.165) is 17.8 Å². The van der Waals surface area contributed by atoms with Crippen molar-refractivity contribution < 1.29 is 19.1 Å². The molecule has 0 aliphatic rings. The van der Waals surface area contributed by atoms with Crippen molar-refractivity contribution >= 4 is 23.2 Å². The van der Waals surface area contributed by atoms with E-state index in [1.54, 1.807) is 5.38 Å². The standard InChI is InChI=1S/C20H34N2O4S/c1-7-26-10-8-9-22(18(23)11-15(2)12-20(3,4)5)13-17-21-16(14-27-17)19(24)25-6/h14-15H,7-13H2,1-6H3. The molecule has 0 spiro atoms. The molecule has 27 heavy (non-hydrogen) atoms. The van der Waals surface area contributed by atoms with Crippen LogP contribution in [0.15, 0.2) is 5.38 Å². The third-order valence-electron chi connectivity index (χ3n) is 4.03. The number of methoxy groups -OCH3 is 1. The molecule has 1 heterocycles. The molecule has 0 saturated heterocycles. The van der Waals surface area contributed by atoms with Crippen molar-refractivity contribution in [2.75, 3.05) is 26.9 Å². The fraction of sp³-hybridized carbons (Fsp3) is 0.750. The first-order valence-corrected chi connectivity index (χ1v) is 10.4. The van der Waals surface area contributed by atoms with Crippen molar-refractivity contribution in [3.8, 4) is 0 Å². The molecule has 0 aromatic carbocycles. The summed E-state index contributed by atoms with van der Waals surface area (Å²) in [6.45, 7) is 13.0. The van der Waals surface area contributed by atoms with Crippen LogP contribution in [-0.4, -0.2) is 48.6 Å². The van der Waals surface area contributed by atoms with E-state index in [1.807, 2.05) is 11.8 Å².